The summed E-state index contributed by atoms with van der Waals surface area (Å²) >= 11 is 0. The lowest BCUT2D eigenvalue weighted by molar-refractivity contribution is 0.0675. The number of hydrogen-bond acceptors (Lipinski definition) is 4. The zero-order chi connectivity index (χ0) is 14.2. The molecular formula is C10H11F2N5O2. The monoisotopic (exact) mass is 271 g/mol. The lowest BCUT2D eigenvalue weighted by Crippen LogP contribution is -2.12. The molecule has 0 aliphatic heterocycles. The fraction of sp³-hybridized carbons (Fsp3) is 0.400. The SMILES string of the molecule is Cc1cc(Cn2nnc(C(=O)O)c2C(F)F)n(C)n1. The van der Waals surface area contributed by atoms with E-state index in [1.807, 2.05) is 0 Å². The third-order valence-corrected chi connectivity index (χ3v) is 2.59. The predicted molar refractivity (Wildman–Crippen MR) is 59.0 cm³/mol. The molecule has 9 heteroatoms. The van der Waals surface area contributed by atoms with Crippen LogP contribution in [0.4, 0.5) is 8.78 Å². The Morgan fingerprint density at radius 1 is 1.53 bits per heavy atom. The molecule has 0 saturated carbocycles. The smallest absolute Gasteiger partial charge is 0.358 e. The topological polar surface area (TPSA) is 85.8 Å². The Labute approximate surface area is 106 Å². The highest BCUT2D eigenvalue weighted by atomic mass is 19.3. The van der Waals surface area contributed by atoms with E-state index in [9.17, 15) is 13.6 Å². The summed E-state index contributed by atoms with van der Waals surface area (Å²) < 4.78 is 28.2. The van der Waals surface area contributed by atoms with E-state index in [0.29, 0.717) is 5.69 Å². The van der Waals surface area contributed by atoms with Crippen LogP contribution in [0.25, 0.3) is 0 Å². The first-order chi connectivity index (χ1) is 8.90. The van der Waals surface area contributed by atoms with E-state index >= 15 is 0 Å². The van der Waals surface area contributed by atoms with Crippen LogP contribution in [-0.2, 0) is 13.6 Å². The molecule has 2 rings (SSSR count). The Hall–Kier alpha value is -2.32. The number of aryl methyl sites for hydroxylation is 2. The maximum absolute atomic E-state index is 12.9. The van der Waals surface area contributed by atoms with Crippen molar-refractivity contribution in [1.82, 2.24) is 24.8 Å². The van der Waals surface area contributed by atoms with Gasteiger partial charge in [-0.1, -0.05) is 5.21 Å². The third-order valence-electron chi connectivity index (χ3n) is 2.59. The van der Waals surface area contributed by atoms with Gasteiger partial charge in [-0.15, -0.1) is 5.10 Å². The number of halogens is 2. The van der Waals surface area contributed by atoms with Crippen molar-refractivity contribution in [2.45, 2.75) is 19.9 Å². The molecule has 0 aromatic carbocycles. The molecule has 2 aromatic heterocycles. The Balaban J connectivity index is 2.40. The average molecular weight is 271 g/mol. The molecule has 0 fully saturated rings. The molecule has 102 valence electrons. The normalized spacial score (nSPS) is 11.2. The van der Waals surface area contributed by atoms with Gasteiger partial charge in [-0.2, -0.15) is 5.10 Å². The van der Waals surface area contributed by atoms with Crippen molar-refractivity contribution < 1.29 is 18.7 Å². The summed E-state index contributed by atoms with van der Waals surface area (Å²) in [6.45, 7) is 1.75. The van der Waals surface area contributed by atoms with Gasteiger partial charge < -0.3 is 5.11 Å². The van der Waals surface area contributed by atoms with Crippen LogP contribution in [0.2, 0.25) is 0 Å². The summed E-state index contributed by atoms with van der Waals surface area (Å²) in [4.78, 5) is 10.8. The number of carbonyl (C=O) groups is 1. The first-order valence-electron chi connectivity index (χ1n) is 5.34. The van der Waals surface area contributed by atoms with Crippen LogP contribution in [0.1, 0.15) is 34.0 Å². The maximum Gasteiger partial charge on any atom is 0.358 e. The van der Waals surface area contributed by atoms with Crippen LogP contribution >= 0.6 is 0 Å². The number of carboxylic acid groups (broad SMARTS) is 1. The predicted octanol–water partition coefficient (Wildman–Crippen LogP) is 1.00. The van der Waals surface area contributed by atoms with Crippen molar-refractivity contribution >= 4 is 5.97 Å². The fourth-order valence-electron chi connectivity index (χ4n) is 1.77. The molecule has 0 radical (unpaired) electrons. The zero-order valence-electron chi connectivity index (χ0n) is 10.2. The molecule has 19 heavy (non-hydrogen) atoms. The summed E-state index contributed by atoms with van der Waals surface area (Å²) in [7, 11) is 1.67. The van der Waals surface area contributed by atoms with Gasteiger partial charge in [-0.3, -0.25) is 4.68 Å². The molecule has 0 bridgehead atoms. The van der Waals surface area contributed by atoms with E-state index in [1.54, 1.807) is 20.0 Å². The minimum absolute atomic E-state index is 0.0166. The Morgan fingerprint density at radius 3 is 2.68 bits per heavy atom. The van der Waals surface area contributed by atoms with E-state index in [1.165, 1.54) is 4.68 Å². The third kappa shape index (κ3) is 2.44. The molecule has 2 aromatic rings. The highest BCUT2D eigenvalue weighted by Gasteiger charge is 2.26. The maximum atomic E-state index is 12.9. The second-order valence-electron chi connectivity index (χ2n) is 3.99. The Morgan fingerprint density at radius 2 is 2.21 bits per heavy atom. The van der Waals surface area contributed by atoms with Crippen molar-refractivity contribution in [3.8, 4) is 0 Å². The summed E-state index contributed by atoms with van der Waals surface area (Å²) in [6.07, 6.45) is -2.96. The molecule has 7 nitrogen and oxygen atoms in total. The zero-order valence-corrected chi connectivity index (χ0v) is 10.2. The van der Waals surface area contributed by atoms with Gasteiger partial charge in [0.15, 0.2) is 5.69 Å². The van der Waals surface area contributed by atoms with Crippen LogP contribution in [0.3, 0.4) is 0 Å². The van der Waals surface area contributed by atoms with E-state index < -0.39 is 23.8 Å². The minimum atomic E-state index is -2.96. The molecule has 0 aliphatic carbocycles. The van der Waals surface area contributed by atoms with E-state index in [-0.39, 0.29) is 6.54 Å². The molecular weight excluding hydrogens is 260 g/mol. The fourth-order valence-corrected chi connectivity index (χ4v) is 1.77. The molecule has 0 spiro atoms. The van der Waals surface area contributed by atoms with Gasteiger partial charge >= 0.3 is 5.97 Å². The number of alkyl halides is 2. The summed E-state index contributed by atoms with van der Waals surface area (Å²) in [5.41, 5.74) is -0.0730. The highest BCUT2D eigenvalue weighted by molar-refractivity contribution is 5.86. The summed E-state index contributed by atoms with van der Waals surface area (Å²) in [6, 6.07) is 1.71. The quantitative estimate of drug-likeness (QED) is 0.896. The largest absolute Gasteiger partial charge is 0.476 e. The van der Waals surface area contributed by atoms with E-state index in [2.05, 4.69) is 15.4 Å². The van der Waals surface area contributed by atoms with Gasteiger partial charge in [-0.25, -0.2) is 18.3 Å². The molecule has 0 unspecified atom stereocenters. The van der Waals surface area contributed by atoms with Crippen molar-refractivity contribution in [2.24, 2.45) is 7.05 Å². The van der Waals surface area contributed by atoms with Crippen LogP contribution in [0, 0.1) is 6.92 Å². The lowest BCUT2D eigenvalue weighted by Gasteiger charge is -2.06. The second kappa shape index (κ2) is 4.75. The van der Waals surface area contributed by atoms with Crippen molar-refractivity contribution in [2.75, 3.05) is 0 Å². The first kappa shape index (κ1) is 13.1. The number of aromatic nitrogens is 5. The standard InChI is InChI=1S/C10H11F2N5O2/c1-5-3-6(16(2)14-5)4-17-8(9(11)12)7(10(18)19)13-15-17/h3,9H,4H2,1-2H3,(H,18,19). The van der Waals surface area contributed by atoms with Gasteiger partial charge in [0.1, 0.15) is 5.69 Å². The van der Waals surface area contributed by atoms with Crippen molar-refractivity contribution in [3.05, 3.63) is 28.8 Å². The molecule has 1 N–H and O–H groups in total. The van der Waals surface area contributed by atoms with Gasteiger partial charge in [0.2, 0.25) is 0 Å². The van der Waals surface area contributed by atoms with Crippen LogP contribution in [0.5, 0.6) is 0 Å². The van der Waals surface area contributed by atoms with Crippen LogP contribution < -0.4 is 0 Å². The van der Waals surface area contributed by atoms with Gasteiger partial charge in [-0.05, 0) is 13.0 Å². The minimum Gasteiger partial charge on any atom is -0.476 e. The summed E-state index contributed by atoms with van der Waals surface area (Å²) in [5.74, 6) is -1.53. The van der Waals surface area contributed by atoms with Gasteiger partial charge in [0.05, 0.1) is 17.9 Å². The highest BCUT2D eigenvalue weighted by Crippen LogP contribution is 2.22. The lowest BCUT2D eigenvalue weighted by atomic mass is 10.3. The number of hydrogen-bond donors (Lipinski definition) is 1. The molecule has 2 heterocycles. The Bertz CT molecular complexity index is 619. The first-order valence-corrected chi connectivity index (χ1v) is 5.34. The van der Waals surface area contributed by atoms with E-state index in [4.69, 9.17) is 5.11 Å². The molecule has 0 atom stereocenters. The number of aromatic carboxylic acids is 1. The van der Waals surface area contributed by atoms with Gasteiger partial charge in [0.25, 0.3) is 6.43 Å². The number of rotatable bonds is 4. The number of carboxylic acids is 1. The van der Waals surface area contributed by atoms with Gasteiger partial charge in [0, 0.05) is 7.05 Å². The average Bonchev–Trinajstić information content (AvgIpc) is 2.83. The molecule has 0 amide bonds. The molecule has 0 saturated heterocycles. The van der Waals surface area contributed by atoms with Crippen molar-refractivity contribution in [3.63, 3.8) is 0 Å². The molecule has 0 aliphatic rings. The summed E-state index contributed by atoms with van der Waals surface area (Å²) in [5, 5.41) is 19.6. The van der Waals surface area contributed by atoms with Crippen LogP contribution in [0.15, 0.2) is 6.07 Å². The van der Waals surface area contributed by atoms with E-state index in [0.717, 1.165) is 10.4 Å². The number of nitrogens with zero attached hydrogens (tertiary/aromatic N) is 5. The second-order valence-corrected chi connectivity index (χ2v) is 3.99. The Kier molecular flexibility index (Phi) is 3.28. The van der Waals surface area contributed by atoms with Crippen LogP contribution in [-0.4, -0.2) is 35.9 Å². The van der Waals surface area contributed by atoms with Crippen molar-refractivity contribution in [1.29, 1.82) is 0 Å².